The molecule has 0 aliphatic heterocycles. The third-order valence-corrected chi connectivity index (χ3v) is 3.51. The number of pyridine rings is 1. The van der Waals surface area contributed by atoms with E-state index in [1.807, 2.05) is 6.07 Å². The molecule has 0 aliphatic rings. The van der Waals surface area contributed by atoms with Crippen LogP contribution in [0.3, 0.4) is 0 Å². The third kappa shape index (κ3) is 3.72. The number of hydrogen-bond donors (Lipinski definition) is 0. The normalized spacial score (nSPS) is 10.6. The van der Waals surface area contributed by atoms with Gasteiger partial charge in [0, 0.05) is 23.5 Å². The number of halogens is 2. The Hall–Kier alpha value is -2.75. The Kier molecular flexibility index (Phi) is 4.33. The number of hydrogen-bond acceptors (Lipinski definition) is 2. The Balaban J connectivity index is 1.76. The summed E-state index contributed by atoms with van der Waals surface area (Å²) >= 11 is 0. The summed E-state index contributed by atoms with van der Waals surface area (Å²) in [6.07, 6.45) is 3.44. The number of nitrogens with zero attached hydrogens (tertiary/aromatic N) is 1. The van der Waals surface area contributed by atoms with Crippen molar-refractivity contribution < 1.29 is 13.5 Å². The fourth-order valence-electron chi connectivity index (χ4n) is 2.25. The minimum atomic E-state index is -0.298. The van der Waals surface area contributed by atoms with Crippen LogP contribution in [-0.2, 0) is 6.61 Å². The molecule has 4 heteroatoms. The van der Waals surface area contributed by atoms with Gasteiger partial charge >= 0.3 is 0 Å². The molecule has 0 bridgehead atoms. The molecule has 0 unspecified atom stereocenters. The molecule has 2 nitrogen and oxygen atoms in total. The topological polar surface area (TPSA) is 22.1 Å². The molecule has 116 valence electrons. The van der Waals surface area contributed by atoms with Crippen LogP contribution in [0.5, 0.6) is 5.75 Å². The van der Waals surface area contributed by atoms with E-state index in [1.165, 1.54) is 18.2 Å². The van der Waals surface area contributed by atoms with Gasteiger partial charge in [-0.15, -0.1) is 0 Å². The lowest BCUT2D eigenvalue weighted by Crippen LogP contribution is -1.97. The molecule has 3 rings (SSSR count). The summed E-state index contributed by atoms with van der Waals surface area (Å²) in [5, 5.41) is 0. The SMILES string of the molecule is Cc1cc(-c2cncc(COc3ccc(F)cc3)c2)ccc1F. The van der Waals surface area contributed by atoms with Gasteiger partial charge in [0.25, 0.3) is 0 Å². The van der Waals surface area contributed by atoms with Crippen molar-refractivity contribution >= 4 is 0 Å². The van der Waals surface area contributed by atoms with E-state index in [0.717, 1.165) is 16.7 Å². The second-order valence-corrected chi connectivity index (χ2v) is 5.29. The van der Waals surface area contributed by atoms with Gasteiger partial charge < -0.3 is 4.74 Å². The van der Waals surface area contributed by atoms with Gasteiger partial charge in [-0.2, -0.15) is 0 Å². The van der Waals surface area contributed by atoms with Crippen molar-refractivity contribution in [2.24, 2.45) is 0 Å². The van der Waals surface area contributed by atoms with Crippen molar-refractivity contribution in [2.45, 2.75) is 13.5 Å². The summed E-state index contributed by atoms with van der Waals surface area (Å²) in [4.78, 5) is 4.21. The maximum absolute atomic E-state index is 13.4. The minimum absolute atomic E-state index is 0.225. The summed E-state index contributed by atoms with van der Waals surface area (Å²) in [7, 11) is 0. The highest BCUT2D eigenvalue weighted by Gasteiger charge is 2.04. The molecule has 0 atom stereocenters. The highest BCUT2D eigenvalue weighted by atomic mass is 19.1. The van der Waals surface area contributed by atoms with E-state index >= 15 is 0 Å². The van der Waals surface area contributed by atoms with Crippen molar-refractivity contribution in [1.29, 1.82) is 0 Å². The first kappa shape index (κ1) is 15.2. The van der Waals surface area contributed by atoms with Gasteiger partial charge in [-0.05, 0) is 60.5 Å². The number of aromatic nitrogens is 1. The molecule has 0 aliphatic carbocycles. The molecule has 3 aromatic rings. The van der Waals surface area contributed by atoms with E-state index in [-0.39, 0.29) is 11.6 Å². The molecule has 0 fully saturated rings. The van der Waals surface area contributed by atoms with Crippen LogP contribution in [0.15, 0.2) is 60.9 Å². The first-order valence-corrected chi connectivity index (χ1v) is 7.20. The second-order valence-electron chi connectivity index (χ2n) is 5.29. The lowest BCUT2D eigenvalue weighted by atomic mass is 10.0. The number of aryl methyl sites for hydroxylation is 1. The number of benzene rings is 2. The molecule has 0 spiro atoms. The Bertz CT molecular complexity index is 816. The maximum atomic E-state index is 13.4. The Labute approximate surface area is 133 Å². The van der Waals surface area contributed by atoms with Gasteiger partial charge in [-0.25, -0.2) is 8.78 Å². The lowest BCUT2D eigenvalue weighted by Gasteiger charge is -2.08. The van der Waals surface area contributed by atoms with Crippen LogP contribution in [-0.4, -0.2) is 4.98 Å². The first-order chi connectivity index (χ1) is 11.1. The fraction of sp³-hybridized carbons (Fsp3) is 0.105. The monoisotopic (exact) mass is 311 g/mol. The van der Waals surface area contributed by atoms with Crippen LogP contribution in [0.2, 0.25) is 0 Å². The molecule has 1 heterocycles. The summed E-state index contributed by atoms with van der Waals surface area (Å²) < 4.78 is 31.8. The molecule has 2 aromatic carbocycles. The van der Waals surface area contributed by atoms with Gasteiger partial charge in [0.2, 0.25) is 0 Å². The minimum Gasteiger partial charge on any atom is -0.489 e. The van der Waals surface area contributed by atoms with Crippen molar-refractivity contribution in [1.82, 2.24) is 4.98 Å². The van der Waals surface area contributed by atoms with E-state index in [9.17, 15) is 8.78 Å². The zero-order valence-corrected chi connectivity index (χ0v) is 12.6. The predicted octanol–water partition coefficient (Wildman–Crippen LogP) is 4.91. The zero-order chi connectivity index (χ0) is 16.2. The molecule has 1 aromatic heterocycles. The van der Waals surface area contributed by atoms with Crippen LogP contribution >= 0.6 is 0 Å². The maximum Gasteiger partial charge on any atom is 0.126 e. The summed E-state index contributed by atoms with van der Waals surface area (Å²) in [6.45, 7) is 2.06. The van der Waals surface area contributed by atoms with Gasteiger partial charge in [-0.3, -0.25) is 4.98 Å². The average Bonchev–Trinajstić information content (AvgIpc) is 2.57. The fourth-order valence-corrected chi connectivity index (χ4v) is 2.25. The predicted molar refractivity (Wildman–Crippen MR) is 85.1 cm³/mol. The quantitative estimate of drug-likeness (QED) is 0.682. The van der Waals surface area contributed by atoms with Crippen molar-refractivity contribution in [3.05, 3.63) is 83.7 Å². The molecule has 0 radical (unpaired) electrons. The highest BCUT2D eigenvalue weighted by molar-refractivity contribution is 5.63. The zero-order valence-electron chi connectivity index (χ0n) is 12.6. The van der Waals surface area contributed by atoms with Crippen molar-refractivity contribution in [2.75, 3.05) is 0 Å². The Morgan fingerprint density at radius 2 is 1.70 bits per heavy atom. The summed E-state index contributed by atoms with van der Waals surface area (Å²) in [6, 6.07) is 12.8. The number of rotatable bonds is 4. The summed E-state index contributed by atoms with van der Waals surface area (Å²) in [5.74, 6) is 0.0691. The Morgan fingerprint density at radius 1 is 0.913 bits per heavy atom. The standard InChI is InChI=1S/C19H15F2NO/c1-13-8-15(2-7-19(13)21)16-9-14(10-22-11-16)12-23-18-5-3-17(20)4-6-18/h2-11H,12H2,1H3. The van der Waals surface area contributed by atoms with E-state index in [0.29, 0.717) is 17.9 Å². The lowest BCUT2D eigenvalue weighted by molar-refractivity contribution is 0.305. The summed E-state index contributed by atoms with van der Waals surface area (Å²) in [5.41, 5.74) is 3.28. The van der Waals surface area contributed by atoms with E-state index in [4.69, 9.17) is 4.74 Å². The second kappa shape index (κ2) is 6.57. The average molecular weight is 311 g/mol. The molecule has 0 amide bonds. The Morgan fingerprint density at radius 3 is 2.43 bits per heavy atom. The first-order valence-electron chi connectivity index (χ1n) is 7.20. The van der Waals surface area contributed by atoms with Gasteiger partial charge in [0.05, 0.1) is 0 Å². The molecule has 0 saturated heterocycles. The smallest absolute Gasteiger partial charge is 0.126 e. The molecule has 0 N–H and O–H groups in total. The molecular formula is C19H15F2NO. The largest absolute Gasteiger partial charge is 0.489 e. The van der Waals surface area contributed by atoms with Crippen LogP contribution < -0.4 is 4.74 Å². The molecular weight excluding hydrogens is 296 g/mol. The van der Waals surface area contributed by atoms with E-state index in [2.05, 4.69) is 4.98 Å². The van der Waals surface area contributed by atoms with Gasteiger partial charge in [0.15, 0.2) is 0 Å². The van der Waals surface area contributed by atoms with Crippen LogP contribution in [0.1, 0.15) is 11.1 Å². The molecule has 0 saturated carbocycles. The third-order valence-electron chi connectivity index (χ3n) is 3.51. The molecule has 23 heavy (non-hydrogen) atoms. The highest BCUT2D eigenvalue weighted by Crippen LogP contribution is 2.22. The van der Waals surface area contributed by atoms with Gasteiger partial charge in [0.1, 0.15) is 24.0 Å². The van der Waals surface area contributed by atoms with Crippen LogP contribution in [0, 0.1) is 18.6 Å². The van der Waals surface area contributed by atoms with Gasteiger partial charge in [-0.1, -0.05) is 6.07 Å². The van der Waals surface area contributed by atoms with E-state index < -0.39 is 0 Å². The van der Waals surface area contributed by atoms with Crippen molar-refractivity contribution in [3.8, 4) is 16.9 Å². The van der Waals surface area contributed by atoms with Crippen LogP contribution in [0.4, 0.5) is 8.78 Å². The number of ether oxygens (including phenoxy) is 1. The van der Waals surface area contributed by atoms with Crippen molar-refractivity contribution in [3.63, 3.8) is 0 Å². The van der Waals surface area contributed by atoms with Crippen LogP contribution in [0.25, 0.3) is 11.1 Å². The van der Waals surface area contributed by atoms with E-state index in [1.54, 1.807) is 43.6 Å².